The molecule has 0 aliphatic rings. The minimum Gasteiger partial charge on any atom is -0.0856 e. The fraction of sp³-hybridized carbons (Fsp3) is 0.600. The summed E-state index contributed by atoms with van der Waals surface area (Å²) >= 11 is 0. The first kappa shape index (κ1) is 9.48. The number of allylic oxidation sites excluding steroid dienone is 4. The van der Waals surface area contributed by atoms with Crippen LogP contribution in [0.5, 0.6) is 0 Å². The van der Waals surface area contributed by atoms with E-state index < -0.39 is 0 Å². The molecule has 0 spiro atoms. The molecule has 0 heterocycles. The van der Waals surface area contributed by atoms with Gasteiger partial charge in [0.2, 0.25) is 0 Å². The van der Waals surface area contributed by atoms with Gasteiger partial charge in [0, 0.05) is 0 Å². The summed E-state index contributed by atoms with van der Waals surface area (Å²) in [5, 5.41) is 0. The maximum Gasteiger partial charge on any atom is -0.0139 e. The first-order valence-corrected chi connectivity index (χ1v) is 3.95. The molecule has 0 fully saturated rings. The summed E-state index contributed by atoms with van der Waals surface area (Å²) in [7, 11) is 0. The van der Waals surface area contributed by atoms with E-state index in [0.29, 0.717) is 0 Å². The van der Waals surface area contributed by atoms with Gasteiger partial charge in [0.05, 0.1) is 0 Å². The van der Waals surface area contributed by atoms with Crippen molar-refractivity contribution < 1.29 is 0 Å². The Morgan fingerprint density at radius 2 is 1.70 bits per heavy atom. The third kappa shape index (κ3) is 5.61. The lowest BCUT2D eigenvalue weighted by molar-refractivity contribution is 1.11. The van der Waals surface area contributed by atoms with E-state index in [-0.39, 0.29) is 0 Å². The quantitative estimate of drug-likeness (QED) is 0.522. The maximum absolute atomic E-state index is 2.28. The van der Waals surface area contributed by atoms with Gasteiger partial charge in [-0.15, -0.1) is 0 Å². The minimum absolute atomic E-state index is 1.12. The van der Waals surface area contributed by atoms with Crippen LogP contribution in [0, 0.1) is 0 Å². The summed E-state index contributed by atoms with van der Waals surface area (Å²) in [4.78, 5) is 0. The highest BCUT2D eigenvalue weighted by atomic mass is 13.9. The van der Waals surface area contributed by atoms with Crippen molar-refractivity contribution >= 4 is 0 Å². The van der Waals surface area contributed by atoms with Gasteiger partial charge in [-0.1, -0.05) is 30.2 Å². The molecule has 0 aliphatic heterocycles. The third-order valence-corrected chi connectivity index (χ3v) is 1.38. The second-order valence-electron chi connectivity index (χ2n) is 2.94. The van der Waals surface area contributed by atoms with Crippen LogP contribution in [0.4, 0.5) is 0 Å². The van der Waals surface area contributed by atoms with E-state index in [1.54, 1.807) is 0 Å². The second-order valence-corrected chi connectivity index (χ2v) is 2.94. The van der Waals surface area contributed by atoms with Crippen LogP contribution in [0.2, 0.25) is 0 Å². The fourth-order valence-corrected chi connectivity index (χ4v) is 0.797. The normalized spacial score (nSPS) is 11.4. The summed E-state index contributed by atoms with van der Waals surface area (Å²) in [5.41, 5.74) is 2.88. The molecule has 0 N–H and O–H groups in total. The molecule has 0 rings (SSSR count). The van der Waals surface area contributed by atoms with Crippen LogP contribution in [0.25, 0.3) is 0 Å². The number of hydrogen-bond acceptors (Lipinski definition) is 0. The minimum atomic E-state index is 1.12. The molecule has 0 unspecified atom stereocenters. The van der Waals surface area contributed by atoms with Gasteiger partial charge in [0.15, 0.2) is 0 Å². The van der Waals surface area contributed by atoms with E-state index in [1.807, 2.05) is 0 Å². The highest BCUT2D eigenvalue weighted by Gasteiger charge is 1.83. The van der Waals surface area contributed by atoms with Gasteiger partial charge in [0.1, 0.15) is 0 Å². The third-order valence-electron chi connectivity index (χ3n) is 1.38. The van der Waals surface area contributed by atoms with E-state index in [2.05, 4.69) is 39.8 Å². The summed E-state index contributed by atoms with van der Waals surface area (Å²) in [6.45, 7) is 8.63. The lowest BCUT2D eigenvalue weighted by Crippen LogP contribution is -1.73. The van der Waals surface area contributed by atoms with Crippen molar-refractivity contribution in [3.63, 3.8) is 0 Å². The molecular weight excluding hydrogens is 120 g/mol. The first-order valence-electron chi connectivity index (χ1n) is 3.95. The highest BCUT2D eigenvalue weighted by Crippen LogP contribution is 2.04. The maximum atomic E-state index is 2.28. The summed E-state index contributed by atoms with van der Waals surface area (Å²) in [6, 6.07) is 0. The Kier molecular flexibility index (Phi) is 5.00. The Morgan fingerprint density at radius 3 is 2.10 bits per heavy atom. The number of rotatable bonds is 3. The molecule has 0 bridgehead atoms. The van der Waals surface area contributed by atoms with Gasteiger partial charge < -0.3 is 0 Å². The summed E-state index contributed by atoms with van der Waals surface area (Å²) in [5.74, 6) is 0. The Morgan fingerprint density at radius 1 is 1.10 bits per heavy atom. The van der Waals surface area contributed by atoms with Crippen molar-refractivity contribution in [2.24, 2.45) is 0 Å². The van der Waals surface area contributed by atoms with Crippen molar-refractivity contribution in [1.29, 1.82) is 0 Å². The van der Waals surface area contributed by atoms with Gasteiger partial charge in [-0.2, -0.15) is 0 Å². The molecule has 0 aromatic heterocycles. The van der Waals surface area contributed by atoms with Crippen molar-refractivity contribution in [1.82, 2.24) is 0 Å². The molecule has 0 aromatic carbocycles. The molecule has 0 atom stereocenters. The molecule has 0 radical (unpaired) electrons. The molecule has 0 nitrogen and oxygen atoms in total. The fourth-order valence-electron chi connectivity index (χ4n) is 0.797. The van der Waals surface area contributed by atoms with Crippen molar-refractivity contribution in [3.8, 4) is 0 Å². The van der Waals surface area contributed by atoms with Gasteiger partial charge >= 0.3 is 0 Å². The van der Waals surface area contributed by atoms with E-state index in [4.69, 9.17) is 0 Å². The van der Waals surface area contributed by atoms with Crippen LogP contribution >= 0.6 is 0 Å². The average Bonchev–Trinajstić information content (AvgIpc) is 1.85. The van der Waals surface area contributed by atoms with Crippen molar-refractivity contribution in [2.75, 3.05) is 0 Å². The summed E-state index contributed by atoms with van der Waals surface area (Å²) < 4.78 is 0. The van der Waals surface area contributed by atoms with Crippen LogP contribution in [-0.4, -0.2) is 0 Å². The van der Waals surface area contributed by atoms with E-state index in [1.165, 1.54) is 11.1 Å². The topological polar surface area (TPSA) is 0 Å². The van der Waals surface area contributed by atoms with Crippen molar-refractivity contribution in [2.45, 2.75) is 40.5 Å². The zero-order valence-electron chi connectivity index (χ0n) is 7.57. The predicted octanol–water partition coefficient (Wildman–Crippen LogP) is 3.70. The monoisotopic (exact) mass is 138 g/mol. The zero-order chi connectivity index (χ0) is 7.98. The standard InChI is InChI=1S/C10H18/c1-5-6-10(4)8-7-9(2)3/h6-7H,5,8H2,1-4H3/b10-6-. The lowest BCUT2D eigenvalue weighted by atomic mass is 10.1. The van der Waals surface area contributed by atoms with Crippen LogP contribution < -0.4 is 0 Å². The molecule has 0 heteroatoms. The van der Waals surface area contributed by atoms with Gasteiger partial charge in [-0.25, -0.2) is 0 Å². The van der Waals surface area contributed by atoms with Crippen molar-refractivity contribution in [3.05, 3.63) is 23.3 Å². The van der Waals surface area contributed by atoms with Crippen LogP contribution in [0.1, 0.15) is 40.5 Å². The Balaban J connectivity index is 3.69. The molecule has 10 heavy (non-hydrogen) atoms. The van der Waals surface area contributed by atoms with Crippen LogP contribution in [0.3, 0.4) is 0 Å². The molecule has 58 valence electrons. The van der Waals surface area contributed by atoms with Gasteiger partial charge in [0.25, 0.3) is 0 Å². The largest absolute Gasteiger partial charge is 0.0856 e. The molecular formula is C10H18. The van der Waals surface area contributed by atoms with Crippen LogP contribution in [-0.2, 0) is 0 Å². The molecule has 0 aliphatic carbocycles. The average molecular weight is 138 g/mol. The molecule has 0 aromatic rings. The second kappa shape index (κ2) is 5.28. The van der Waals surface area contributed by atoms with E-state index in [0.717, 1.165) is 12.8 Å². The predicted molar refractivity (Wildman–Crippen MR) is 48.1 cm³/mol. The SMILES string of the molecule is CC/C=C(/C)CC=C(C)C. The molecule has 0 saturated heterocycles. The van der Waals surface area contributed by atoms with Crippen LogP contribution in [0.15, 0.2) is 23.3 Å². The van der Waals surface area contributed by atoms with E-state index >= 15 is 0 Å². The number of hydrogen-bond donors (Lipinski definition) is 0. The zero-order valence-corrected chi connectivity index (χ0v) is 7.57. The van der Waals surface area contributed by atoms with Gasteiger partial charge in [-0.05, 0) is 33.6 Å². The Bertz CT molecular complexity index is 134. The molecule has 0 saturated carbocycles. The van der Waals surface area contributed by atoms with E-state index in [9.17, 15) is 0 Å². The summed E-state index contributed by atoms with van der Waals surface area (Å²) in [6.07, 6.45) is 6.82. The highest BCUT2D eigenvalue weighted by molar-refractivity contribution is 5.07. The smallest absolute Gasteiger partial charge is 0.0139 e. The van der Waals surface area contributed by atoms with Gasteiger partial charge in [-0.3, -0.25) is 0 Å². The molecule has 0 amide bonds. The first-order chi connectivity index (χ1) is 4.66. The Hall–Kier alpha value is -0.520. The lowest BCUT2D eigenvalue weighted by Gasteiger charge is -1.94. The Labute approximate surface area is 64.6 Å².